The monoisotopic (exact) mass is 191 g/mol. The van der Waals surface area contributed by atoms with Crippen molar-refractivity contribution in [3.63, 3.8) is 0 Å². The molecule has 2 nitrogen and oxygen atoms in total. The van der Waals surface area contributed by atoms with Crippen LogP contribution in [0.5, 0.6) is 0 Å². The summed E-state index contributed by atoms with van der Waals surface area (Å²) in [5, 5.41) is 3.05. The van der Waals surface area contributed by atoms with Gasteiger partial charge in [0.1, 0.15) is 0 Å². The summed E-state index contributed by atoms with van der Waals surface area (Å²) < 4.78 is 0. The number of benzene rings is 1. The zero-order chi connectivity index (χ0) is 10.6. The predicted molar refractivity (Wildman–Crippen MR) is 58.1 cm³/mol. The van der Waals surface area contributed by atoms with E-state index in [1.807, 2.05) is 51.2 Å². The molecule has 0 aliphatic rings. The van der Waals surface area contributed by atoms with Gasteiger partial charge in [-0.3, -0.25) is 4.79 Å². The Kier molecular flexibility index (Phi) is 3.84. The average molecular weight is 191 g/mol. The van der Waals surface area contributed by atoms with Crippen LogP contribution in [-0.4, -0.2) is 12.8 Å². The minimum atomic E-state index is -0.170. The molecule has 2 heteroatoms. The second-order valence-corrected chi connectivity index (χ2v) is 3.69. The summed E-state index contributed by atoms with van der Waals surface area (Å²) >= 11 is 0. The van der Waals surface area contributed by atoms with Crippen LogP contribution in [-0.2, 0) is 4.79 Å². The Morgan fingerprint density at radius 2 is 1.79 bits per heavy atom. The second-order valence-electron chi connectivity index (χ2n) is 3.69. The van der Waals surface area contributed by atoms with E-state index in [9.17, 15) is 4.79 Å². The maximum atomic E-state index is 11.8. The summed E-state index contributed by atoms with van der Waals surface area (Å²) in [6.45, 7) is 3.85. The Bertz CT molecular complexity index is 292. The zero-order valence-corrected chi connectivity index (χ0v) is 8.95. The molecule has 1 aromatic carbocycles. The molecule has 0 aromatic heterocycles. The Morgan fingerprint density at radius 3 is 2.21 bits per heavy atom. The Hall–Kier alpha value is -1.15. The highest BCUT2D eigenvalue weighted by Gasteiger charge is 2.20. The van der Waals surface area contributed by atoms with E-state index in [1.165, 1.54) is 0 Å². The van der Waals surface area contributed by atoms with Gasteiger partial charge in [-0.25, -0.2) is 0 Å². The first kappa shape index (κ1) is 10.9. The van der Waals surface area contributed by atoms with Gasteiger partial charge >= 0.3 is 0 Å². The highest BCUT2D eigenvalue weighted by atomic mass is 16.1. The summed E-state index contributed by atoms with van der Waals surface area (Å²) in [7, 11) is 1.82. The number of rotatable bonds is 4. The van der Waals surface area contributed by atoms with Crippen molar-refractivity contribution in [2.45, 2.75) is 19.9 Å². The van der Waals surface area contributed by atoms with Crippen LogP contribution in [0.2, 0.25) is 0 Å². The Labute approximate surface area is 85.3 Å². The first-order valence-electron chi connectivity index (χ1n) is 4.92. The molecule has 0 saturated carbocycles. The molecule has 14 heavy (non-hydrogen) atoms. The third-order valence-electron chi connectivity index (χ3n) is 2.28. The van der Waals surface area contributed by atoms with Crippen molar-refractivity contribution in [1.29, 1.82) is 0 Å². The fraction of sp³-hybridized carbons (Fsp3) is 0.417. The van der Waals surface area contributed by atoms with Gasteiger partial charge < -0.3 is 5.32 Å². The molecule has 0 aliphatic carbocycles. The maximum absolute atomic E-state index is 11.8. The number of hydrogen-bond donors (Lipinski definition) is 1. The van der Waals surface area contributed by atoms with Crippen molar-refractivity contribution in [3.8, 4) is 0 Å². The van der Waals surface area contributed by atoms with E-state index >= 15 is 0 Å². The van der Waals surface area contributed by atoms with Crippen molar-refractivity contribution in [2.75, 3.05) is 7.05 Å². The van der Waals surface area contributed by atoms with Gasteiger partial charge in [0.2, 0.25) is 0 Å². The van der Waals surface area contributed by atoms with Crippen LogP contribution in [0, 0.1) is 5.92 Å². The van der Waals surface area contributed by atoms with E-state index in [0.29, 0.717) is 0 Å². The lowest BCUT2D eigenvalue weighted by Crippen LogP contribution is -2.28. The number of carbonyl (C=O) groups is 1. The topological polar surface area (TPSA) is 29.1 Å². The maximum Gasteiger partial charge on any atom is 0.156 e. The zero-order valence-electron chi connectivity index (χ0n) is 8.95. The molecule has 0 aliphatic heterocycles. The highest BCUT2D eigenvalue weighted by molar-refractivity contribution is 5.86. The number of hydrogen-bond acceptors (Lipinski definition) is 2. The van der Waals surface area contributed by atoms with Crippen molar-refractivity contribution >= 4 is 5.78 Å². The SMILES string of the molecule is CN[C@H](C(=O)C(C)C)c1ccccc1. The molecule has 0 bridgehead atoms. The predicted octanol–water partition coefficient (Wildman–Crippen LogP) is 2.17. The molecule has 0 saturated heterocycles. The van der Waals surface area contributed by atoms with Gasteiger partial charge in [0, 0.05) is 5.92 Å². The van der Waals surface area contributed by atoms with Crippen molar-refractivity contribution < 1.29 is 4.79 Å². The summed E-state index contributed by atoms with van der Waals surface area (Å²) in [6, 6.07) is 9.63. The molecule has 0 radical (unpaired) electrons. The molecule has 1 rings (SSSR count). The van der Waals surface area contributed by atoms with Crippen molar-refractivity contribution in [2.24, 2.45) is 5.92 Å². The number of nitrogens with one attached hydrogen (secondary N) is 1. The summed E-state index contributed by atoms with van der Waals surface area (Å²) in [6.07, 6.45) is 0. The van der Waals surface area contributed by atoms with Gasteiger partial charge in [-0.15, -0.1) is 0 Å². The fourth-order valence-electron chi connectivity index (χ4n) is 1.45. The fourth-order valence-corrected chi connectivity index (χ4v) is 1.45. The molecule has 1 atom stereocenters. The molecule has 0 spiro atoms. The smallest absolute Gasteiger partial charge is 0.156 e. The van der Waals surface area contributed by atoms with Crippen LogP contribution in [0.3, 0.4) is 0 Å². The van der Waals surface area contributed by atoms with Crippen LogP contribution in [0.4, 0.5) is 0 Å². The Morgan fingerprint density at radius 1 is 1.21 bits per heavy atom. The van der Waals surface area contributed by atoms with E-state index < -0.39 is 0 Å². The third kappa shape index (κ3) is 2.42. The van der Waals surface area contributed by atoms with Gasteiger partial charge in [0.15, 0.2) is 5.78 Å². The number of ketones is 1. The Balaban J connectivity index is 2.88. The number of carbonyl (C=O) groups excluding carboxylic acids is 1. The molecule has 0 heterocycles. The summed E-state index contributed by atoms with van der Waals surface area (Å²) in [4.78, 5) is 11.8. The lowest BCUT2D eigenvalue weighted by molar-refractivity contribution is -0.124. The van der Waals surface area contributed by atoms with Gasteiger partial charge in [0.05, 0.1) is 6.04 Å². The second kappa shape index (κ2) is 4.91. The van der Waals surface area contributed by atoms with Crippen molar-refractivity contribution in [3.05, 3.63) is 35.9 Å². The quantitative estimate of drug-likeness (QED) is 0.790. The minimum absolute atomic E-state index is 0.0626. The van der Waals surface area contributed by atoms with Gasteiger partial charge in [0.25, 0.3) is 0 Å². The van der Waals surface area contributed by atoms with Crippen LogP contribution in [0.15, 0.2) is 30.3 Å². The van der Waals surface area contributed by atoms with E-state index in [4.69, 9.17) is 0 Å². The van der Waals surface area contributed by atoms with Crippen LogP contribution in [0.25, 0.3) is 0 Å². The van der Waals surface area contributed by atoms with Gasteiger partial charge in [-0.2, -0.15) is 0 Å². The standard InChI is InChI=1S/C12H17NO/c1-9(2)12(14)11(13-3)10-7-5-4-6-8-10/h4-9,11,13H,1-3H3/t11-/m0/s1. The molecular formula is C12H17NO. The van der Waals surface area contributed by atoms with E-state index in [-0.39, 0.29) is 17.7 Å². The van der Waals surface area contributed by atoms with Crippen LogP contribution < -0.4 is 5.32 Å². The van der Waals surface area contributed by atoms with Crippen LogP contribution >= 0.6 is 0 Å². The molecule has 0 fully saturated rings. The molecule has 76 valence electrons. The van der Waals surface area contributed by atoms with Gasteiger partial charge in [-0.1, -0.05) is 44.2 Å². The number of Topliss-reactive ketones (excluding diaryl/α,β-unsaturated/α-hetero) is 1. The molecule has 1 N–H and O–H groups in total. The first-order valence-corrected chi connectivity index (χ1v) is 4.92. The van der Waals surface area contributed by atoms with Crippen molar-refractivity contribution in [1.82, 2.24) is 5.32 Å². The summed E-state index contributed by atoms with van der Waals surface area (Å²) in [5.41, 5.74) is 1.04. The molecular weight excluding hydrogens is 174 g/mol. The largest absolute Gasteiger partial charge is 0.307 e. The molecule has 0 unspecified atom stereocenters. The highest BCUT2D eigenvalue weighted by Crippen LogP contribution is 2.16. The lowest BCUT2D eigenvalue weighted by atomic mass is 9.96. The normalized spacial score (nSPS) is 12.9. The van der Waals surface area contributed by atoms with E-state index in [1.54, 1.807) is 0 Å². The lowest BCUT2D eigenvalue weighted by Gasteiger charge is -2.17. The summed E-state index contributed by atoms with van der Waals surface area (Å²) in [5.74, 6) is 0.298. The third-order valence-corrected chi connectivity index (χ3v) is 2.28. The van der Waals surface area contributed by atoms with Gasteiger partial charge in [-0.05, 0) is 12.6 Å². The minimum Gasteiger partial charge on any atom is -0.307 e. The molecule has 0 amide bonds. The van der Waals surface area contributed by atoms with E-state index in [2.05, 4.69) is 5.32 Å². The molecule has 1 aromatic rings. The van der Waals surface area contributed by atoms with Crippen LogP contribution in [0.1, 0.15) is 25.5 Å². The average Bonchev–Trinajstić information content (AvgIpc) is 2.20. The van der Waals surface area contributed by atoms with E-state index in [0.717, 1.165) is 5.56 Å². The first-order chi connectivity index (χ1) is 6.66. The number of likely N-dealkylation sites (N-methyl/N-ethyl adjacent to an activating group) is 1.